The zero-order valence-corrected chi connectivity index (χ0v) is 10.0. The summed E-state index contributed by atoms with van der Waals surface area (Å²) in [4.78, 5) is 14.8. The lowest BCUT2D eigenvalue weighted by Gasteiger charge is -2.04. The Hall–Kier alpha value is -1.09. The predicted molar refractivity (Wildman–Crippen MR) is 65.5 cm³/mol. The second-order valence-corrected chi connectivity index (χ2v) is 4.19. The van der Waals surface area contributed by atoms with E-state index in [0.717, 1.165) is 16.6 Å². The largest absolute Gasteiger partial charge is 0.358 e. The molecule has 0 amide bonds. The molecule has 1 unspecified atom stereocenters. The van der Waals surface area contributed by atoms with Gasteiger partial charge in [0, 0.05) is 11.2 Å². The molecule has 0 saturated carbocycles. The summed E-state index contributed by atoms with van der Waals surface area (Å²) in [6, 6.07) is 10.1. The van der Waals surface area contributed by atoms with Crippen molar-refractivity contribution in [2.75, 3.05) is 5.33 Å². The monoisotopic (exact) mass is 265 g/mol. The fourth-order valence-electron chi connectivity index (χ4n) is 1.62. The molecule has 0 aliphatic rings. The highest BCUT2D eigenvalue weighted by atomic mass is 79.9. The number of fused-ring (bicyclic) bond motifs is 1. The lowest BCUT2D eigenvalue weighted by atomic mass is 10.0. The molecular weight excluding hydrogens is 254 g/mol. The average Bonchev–Trinajstić information content (AvgIpc) is 2.70. The number of hydrogen-bond acceptors (Lipinski definition) is 1. The van der Waals surface area contributed by atoms with E-state index in [0.29, 0.717) is 5.33 Å². The van der Waals surface area contributed by atoms with Gasteiger partial charge >= 0.3 is 0 Å². The van der Waals surface area contributed by atoms with Crippen molar-refractivity contribution in [2.45, 2.75) is 12.8 Å². The lowest BCUT2D eigenvalue weighted by molar-refractivity contribution is -0.117. The topological polar surface area (TPSA) is 32.9 Å². The Bertz CT molecular complexity index is 456. The molecule has 1 aromatic heterocycles. The Morgan fingerprint density at radius 1 is 1.47 bits per heavy atom. The number of nitrogens with one attached hydrogen (secondary N) is 1. The number of aromatic nitrogens is 1. The van der Waals surface area contributed by atoms with Crippen LogP contribution in [-0.4, -0.2) is 16.1 Å². The first-order valence-corrected chi connectivity index (χ1v) is 6.01. The Labute approximate surface area is 96.8 Å². The van der Waals surface area contributed by atoms with Crippen LogP contribution in [0.25, 0.3) is 10.9 Å². The molecule has 15 heavy (non-hydrogen) atoms. The zero-order chi connectivity index (χ0) is 10.8. The van der Waals surface area contributed by atoms with Gasteiger partial charge in [-0.3, -0.25) is 4.79 Å². The minimum Gasteiger partial charge on any atom is -0.358 e. The first-order chi connectivity index (χ1) is 7.22. The van der Waals surface area contributed by atoms with Gasteiger partial charge in [0.1, 0.15) is 0 Å². The summed E-state index contributed by atoms with van der Waals surface area (Å²) in [7, 11) is 0. The zero-order valence-electron chi connectivity index (χ0n) is 8.46. The molecule has 3 heteroatoms. The van der Waals surface area contributed by atoms with Gasteiger partial charge in [-0.15, -0.1) is 0 Å². The Morgan fingerprint density at radius 3 is 2.87 bits per heavy atom. The highest BCUT2D eigenvalue weighted by molar-refractivity contribution is 9.09. The predicted octanol–water partition coefficient (Wildman–Crippen LogP) is 3.24. The van der Waals surface area contributed by atoms with Crippen molar-refractivity contribution in [1.82, 2.24) is 4.98 Å². The fraction of sp³-hybridized carbons (Fsp3) is 0.250. The number of Topliss-reactive ketones (excluding diaryl/α,β-unsaturated/α-hetero) is 1. The number of ketones is 1. The molecule has 2 nitrogen and oxygen atoms in total. The van der Waals surface area contributed by atoms with Crippen LogP contribution in [0.15, 0.2) is 30.3 Å². The third kappa shape index (κ3) is 1.97. The number of alkyl halides is 1. The Morgan fingerprint density at radius 2 is 2.20 bits per heavy atom. The quantitative estimate of drug-likeness (QED) is 0.850. The molecule has 2 rings (SSSR count). The van der Waals surface area contributed by atoms with Crippen LogP contribution in [0, 0.1) is 0 Å². The summed E-state index contributed by atoms with van der Waals surface area (Å²) < 4.78 is 0. The van der Waals surface area contributed by atoms with Crippen LogP contribution >= 0.6 is 15.9 Å². The number of benzene rings is 1. The normalized spacial score (nSPS) is 12.9. The summed E-state index contributed by atoms with van der Waals surface area (Å²) in [5.41, 5.74) is 2.07. The van der Waals surface area contributed by atoms with Crippen LogP contribution in [0.4, 0.5) is 0 Å². The van der Waals surface area contributed by atoms with Crippen LogP contribution in [0.2, 0.25) is 0 Å². The van der Waals surface area contributed by atoms with E-state index in [1.54, 1.807) is 0 Å². The van der Waals surface area contributed by atoms with Gasteiger partial charge in [-0.2, -0.15) is 0 Å². The number of carbonyl (C=O) groups is 1. The standard InChI is InChI=1S/C12H12BrNO/c1-8(12(15)7-13)11-6-9-4-2-3-5-10(9)14-11/h2-6,8,14H,7H2,1H3. The van der Waals surface area contributed by atoms with Crippen LogP contribution in [0.3, 0.4) is 0 Å². The molecule has 0 saturated heterocycles. The average molecular weight is 266 g/mol. The molecule has 0 bridgehead atoms. The van der Waals surface area contributed by atoms with E-state index in [4.69, 9.17) is 0 Å². The number of carbonyl (C=O) groups excluding carboxylic acids is 1. The third-order valence-corrected chi connectivity index (χ3v) is 3.18. The van der Waals surface area contributed by atoms with Crippen LogP contribution in [-0.2, 0) is 4.79 Å². The van der Waals surface area contributed by atoms with Gasteiger partial charge in [-0.25, -0.2) is 0 Å². The van der Waals surface area contributed by atoms with E-state index in [9.17, 15) is 4.79 Å². The molecule has 0 aliphatic heterocycles. The molecule has 1 N–H and O–H groups in total. The minimum atomic E-state index is -0.0724. The maximum atomic E-state index is 11.5. The SMILES string of the molecule is CC(C(=O)CBr)c1cc2ccccc2[nH]1. The number of para-hydroxylation sites is 1. The van der Waals surface area contributed by atoms with E-state index < -0.39 is 0 Å². The summed E-state index contributed by atoms with van der Waals surface area (Å²) >= 11 is 3.19. The molecule has 1 atom stereocenters. The third-order valence-electron chi connectivity index (χ3n) is 2.63. The molecule has 78 valence electrons. The first-order valence-electron chi connectivity index (χ1n) is 4.88. The van der Waals surface area contributed by atoms with Gasteiger partial charge in [0.05, 0.1) is 11.2 Å². The van der Waals surface area contributed by atoms with Crippen molar-refractivity contribution in [2.24, 2.45) is 0 Å². The second kappa shape index (κ2) is 4.19. The molecule has 1 aromatic carbocycles. The summed E-state index contributed by atoms with van der Waals surface area (Å²) in [6.07, 6.45) is 0. The molecular formula is C12H12BrNO. The number of rotatable bonds is 3. The molecule has 1 heterocycles. The van der Waals surface area contributed by atoms with Crippen molar-refractivity contribution in [3.8, 4) is 0 Å². The van der Waals surface area contributed by atoms with Gasteiger partial charge in [-0.05, 0) is 24.4 Å². The Kier molecular flexibility index (Phi) is 2.91. The van der Waals surface area contributed by atoms with Crippen LogP contribution in [0.5, 0.6) is 0 Å². The molecule has 0 spiro atoms. The highest BCUT2D eigenvalue weighted by Crippen LogP contribution is 2.22. The maximum Gasteiger partial charge on any atom is 0.152 e. The molecule has 0 fully saturated rings. The van der Waals surface area contributed by atoms with E-state index in [1.807, 2.05) is 37.3 Å². The van der Waals surface area contributed by atoms with Crippen molar-refractivity contribution >= 4 is 32.6 Å². The van der Waals surface area contributed by atoms with Crippen molar-refractivity contribution in [1.29, 1.82) is 0 Å². The van der Waals surface area contributed by atoms with Gasteiger partial charge in [0.2, 0.25) is 0 Å². The molecule has 0 aliphatic carbocycles. The van der Waals surface area contributed by atoms with Crippen LogP contribution < -0.4 is 0 Å². The number of aromatic amines is 1. The lowest BCUT2D eigenvalue weighted by Crippen LogP contribution is -2.10. The second-order valence-electron chi connectivity index (χ2n) is 3.63. The maximum absolute atomic E-state index is 11.5. The van der Waals surface area contributed by atoms with E-state index in [2.05, 4.69) is 20.9 Å². The first kappa shape index (κ1) is 10.4. The van der Waals surface area contributed by atoms with E-state index in [-0.39, 0.29) is 11.7 Å². The van der Waals surface area contributed by atoms with Crippen molar-refractivity contribution in [3.05, 3.63) is 36.0 Å². The smallest absolute Gasteiger partial charge is 0.152 e. The van der Waals surface area contributed by atoms with Crippen molar-refractivity contribution in [3.63, 3.8) is 0 Å². The van der Waals surface area contributed by atoms with E-state index >= 15 is 0 Å². The summed E-state index contributed by atoms with van der Waals surface area (Å²) in [5.74, 6) is 0.123. The highest BCUT2D eigenvalue weighted by Gasteiger charge is 2.15. The Balaban J connectivity index is 2.40. The summed E-state index contributed by atoms with van der Waals surface area (Å²) in [5, 5.41) is 1.56. The van der Waals surface area contributed by atoms with Gasteiger partial charge < -0.3 is 4.98 Å². The number of halogens is 1. The number of hydrogen-bond donors (Lipinski definition) is 1. The molecule has 2 aromatic rings. The van der Waals surface area contributed by atoms with Gasteiger partial charge in [-0.1, -0.05) is 34.1 Å². The van der Waals surface area contributed by atoms with Crippen molar-refractivity contribution < 1.29 is 4.79 Å². The minimum absolute atomic E-state index is 0.0724. The summed E-state index contributed by atoms with van der Waals surface area (Å²) in [6.45, 7) is 1.92. The molecule has 0 radical (unpaired) electrons. The number of H-pyrrole nitrogens is 1. The van der Waals surface area contributed by atoms with E-state index in [1.165, 1.54) is 0 Å². The van der Waals surface area contributed by atoms with Gasteiger partial charge in [0.25, 0.3) is 0 Å². The van der Waals surface area contributed by atoms with Crippen LogP contribution in [0.1, 0.15) is 18.5 Å². The fourth-order valence-corrected chi connectivity index (χ4v) is 2.10. The van der Waals surface area contributed by atoms with Gasteiger partial charge in [0.15, 0.2) is 5.78 Å².